The molecule has 0 fully saturated rings. The highest BCUT2D eigenvalue weighted by Crippen LogP contribution is 2.30. The lowest BCUT2D eigenvalue weighted by atomic mass is 10.2. The molecule has 0 heterocycles. The van der Waals surface area contributed by atoms with Crippen molar-refractivity contribution in [1.29, 1.82) is 0 Å². The Balaban J connectivity index is 3.34. The van der Waals surface area contributed by atoms with E-state index in [1.165, 1.54) is 0 Å². The quantitative estimate of drug-likeness (QED) is 0.632. The van der Waals surface area contributed by atoms with Crippen LogP contribution in [0.5, 0.6) is 0 Å². The molecule has 0 saturated heterocycles. The molecule has 0 aliphatic heterocycles. The second-order valence-corrected chi connectivity index (χ2v) is 3.91. The Bertz CT molecular complexity index is 231. The molecule has 0 atom stereocenters. The van der Waals surface area contributed by atoms with Crippen LogP contribution in [0.3, 0.4) is 0 Å². The van der Waals surface area contributed by atoms with Crippen molar-refractivity contribution in [3.8, 4) is 0 Å². The van der Waals surface area contributed by atoms with Crippen LogP contribution in [-0.4, -0.2) is 0 Å². The monoisotopic (exact) mass is 281 g/mol. The van der Waals surface area contributed by atoms with Crippen LogP contribution in [0.2, 0.25) is 5.02 Å². The van der Waals surface area contributed by atoms with E-state index in [4.69, 9.17) is 11.6 Å². The van der Waals surface area contributed by atoms with Gasteiger partial charge in [-0.2, -0.15) is 0 Å². The van der Waals surface area contributed by atoms with E-state index in [2.05, 4.69) is 37.9 Å². The first kappa shape index (κ1) is 8.57. The fourth-order valence-electron chi connectivity index (χ4n) is 0.568. The Morgan fingerprint density at radius 1 is 1.50 bits per heavy atom. The maximum atomic E-state index is 5.76. The van der Waals surface area contributed by atoms with Gasteiger partial charge in [0.05, 0.1) is 5.02 Å². The fourth-order valence-corrected chi connectivity index (χ4v) is 1.67. The van der Waals surface area contributed by atoms with Gasteiger partial charge in [0.2, 0.25) is 0 Å². The summed E-state index contributed by atoms with van der Waals surface area (Å²) in [5, 5.41) is 0.626. The van der Waals surface area contributed by atoms with E-state index >= 15 is 0 Å². The molecular formula is C7H4Br2Cl. The first-order valence-corrected chi connectivity index (χ1v) is 4.61. The summed E-state index contributed by atoms with van der Waals surface area (Å²) >= 11 is 12.5. The zero-order chi connectivity index (χ0) is 7.72. The molecule has 0 amide bonds. The number of hydrogen-bond donors (Lipinski definition) is 0. The summed E-state index contributed by atoms with van der Waals surface area (Å²) in [7, 11) is 0. The van der Waals surface area contributed by atoms with E-state index in [9.17, 15) is 0 Å². The Kier molecular flexibility index (Phi) is 2.78. The minimum absolute atomic E-state index is 0.626. The second kappa shape index (κ2) is 3.24. The molecule has 0 saturated carbocycles. The van der Waals surface area contributed by atoms with Gasteiger partial charge in [-0.15, -0.1) is 0 Å². The van der Waals surface area contributed by atoms with Crippen molar-refractivity contribution in [1.82, 2.24) is 0 Å². The summed E-state index contributed by atoms with van der Waals surface area (Å²) in [5.41, 5.74) is 1.10. The lowest BCUT2D eigenvalue weighted by molar-refractivity contribution is 1.39. The zero-order valence-electron chi connectivity index (χ0n) is 5.21. The Morgan fingerprint density at radius 2 is 2.10 bits per heavy atom. The number of benzene rings is 1. The molecule has 0 unspecified atom stereocenters. The summed E-state index contributed by atoms with van der Waals surface area (Å²) < 4.78 is 1.92. The predicted octanol–water partition coefficient (Wildman–Crippen LogP) is 3.97. The van der Waals surface area contributed by atoms with Gasteiger partial charge in [0.25, 0.3) is 0 Å². The smallest absolute Gasteiger partial charge is 0.0630 e. The van der Waals surface area contributed by atoms with Crippen molar-refractivity contribution >= 4 is 43.5 Å². The molecular weight excluding hydrogens is 279 g/mol. The van der Waals surface area contributed by atoms with E-state index in [-0.39, 0.29) is 0 Å². The van der Waals surface area contributed by atoms with Gasteiger partial charge in [-0.1, -0.05) is 27.5 Å². The van der Waals surface area contributed by atoms with Gasteiger partial charge in [-0.3, -0.25) is 0 Å². The first-order chi connectivity index (χ1) is 4.63. The van der Waals surface area contributed by atoms with Crippen molar-refractivity contribution in [3.63, 3.8) is 0 Å². The van der Waals surface area contributed by atoms with E-state index in [1.54, 1.807) is 0 Å². The van der Waals surface area contributed by atoms with E-state index in [0.29, 0.717) is 5.02 Å². The molecule has 1 aromatic carbocycles. The van der Waals surface area contributed by atoms with Crippen LogP contribution in [-0.2, 0) is 0 Å². The molecule has 0 N–H and O–H groups in total. The van der Waals surface area contributed by atoms with Crippen LogP contribution in [0.15, 0.2) is 15.0 Å². The lowest BCUT2D eigenvalue weighted by Crippen LogP contribution is -1.78. The lowest BCUT2D eigenvalue weighted by Gasteiger charge is -2.01. The molecule has 1 aromatic rings. The van der Waals surface area contributed by atoms with Crippen LogP contribution in [0.1, 0.15) is 5.56 Å². The summed E-state index contributed by atoms with van der Waals surface area (Å²) in [6, 6.07) is 4.69. The highest BCUT2D eigenvalue weighted by molar-refractivity contribution is 9.11. The molecule has 0 spiro atoms. The highest BCUT2D eigenvalue weighted by atomic mass is 79.9. The highest BCUT2D eigenvalue weighted by Gasteiger charge is 2.02. The fraction of sp³-hybridized carbons (Fsp3) is 0.143. The van der Waals surface area contributed by atoms with Gasteiger partial charge in [0.15, 0.2) is 0 Å². The second-order valence-electron chi connectivity index (χ2n) is 1.89. The summed E-state index contributed by atoms with van der Waals surface area (Å²) in [4.78, 5) is 0. The summed E-state index contributed by atoms with van der Waals surface area (Å²) in [6.07, 6.45) is 0. The van der Waals surface area contributed by atoms with Crippen molar-refractivity contribution < 1.29 is 0 Å². The average molecular weight is 283 g/mol. The minimum atomic E-state index is 0.626. The molecule has 10 heavy (non-hydrogen) atoms. The van der Waals surface area contributed by atoms with E-state index < -0.39 is 0 Å². The minimum Gasteiger partial charge on any atom is -0.0824 e. The normalized spacial score (nSPS) is 10.0. The van der Waals surface area contributed by atoms with Crippen LogP contribution in [0.25, 0.3) is 0 Å². The third-order valence-corrected chi connectivity index (χ3v) is 3.55. The third-order valence-electron chi connectivity index (χ3n) is 1.21. The maximum Gasteiger partial charge on any atom is 0.0630 e. The summed E-state index contributed by atoms with van der Waals surface area (Å²) in [6.45, 7) is 1.98. The van der Waals surface area contributed by atoms with Crippen LogP contribution >= 0.6 is 43.5 Å². The van der Waals surface area contributed by atoms with Gasteiger partial charge in [0.1, 0.15) is 0 Å². The molecule has 53 valence electrons. The average Bonchev–Trinajstić information content (AvgIpc) is 1.93. The molecule has 0 bridgehead atoms. The largest absolute Gasteiger partial charge is 0.0824 e. The van der Waals surface area contributed by atoms with Crippen LogP contribution in [0.4, 0.5) is 0 Å². The molecule has 0 aliphatic carbocycles. The number of rotatable bonds is 0. The number of hydrogen-bond acceptors (Lipinski definition) is 0. The number of halogens is 3. The Labute approximate surface area is 81.8 Å². The SMILES string of the molecule is Cc1c(Br)c[c]c(Cl)c1Br. The van der Waals surface area contributed by atoms with Gasteiger partial charge in [0, 0.05) is 15.0 Å². The topological polar surface area (TPSA) is 0 Å². The van der Waals surface area contributed by atoms with Crippen molar-refractivity contribution in [2.24, 2.45) is 0 Å². The summed E-state index contributed by atoms with van der Waals surface area (Å²) in [5.74, 6) is 0. The van der Waals surface area contributed by atoms with E-state index in [1.807, 2.05) is 13.0 Å². The molecule has 0 nitrogen and oxygen atoms in total. The van der Waals surface area contributed by atoms with Gasteiger partial charge in [-0.05, 0) is 34.5 Å². The van der Waals surface area contributed by atoms with Gasteiger partial charge in [-0.25, -0.2) is 0 Å². The first-order valence-electron chi connectivity index (χ1n) is 2.64. The molecule has 3 heteroatoms. The van der Waals surface area contributed by atoms with Crippen LogP contribution in [0, 0.1) is 13.0 Å². The molecule has 1 radical (unpaired) electrons. The van der Waals surface area contributed by atoms with Crippen molar-refractivity contribution in [2.75, 3.05) is 0 Å². The standard InChI is InChI=1S/C7H4Br2Cl/c1-4-5(8)2-3-6(10)7(4)9/h2H,1H3. The zero-order valence-corrected chi connectivity index (χ0v) is 9.14. The molecule has 0 aromatic heterocycles. The van der Waals surface area contributed by atoms with Crippen LogP contribution < -0.4 is 0 Å². The molecule has 1 rings (SSSR count). The third kappa shape index (κ3) is 1.55. The Morgan fingerprint density at radius 3 is 2.60 bits per heavy atom. The maximum absolute atomic E-state index is 5.76. The van der Waals surface area contributed by atoms with Gasteiger partial charge < -0.3 is 0 Å². The molecule has 0 aliphatic rings. The van der Waals surface area contributed by atoms with Gasteiger partial charge >= 0.3 is 0 Å². The van der Waals surface area contributed by atoms with Crippen molar-refractivity contribution in [2.45, 2.75) is 6.92 Å². The van der Waals surface area contributed by atoms with Crippen molar-refractivity contribution in [3.05, 3.63) is 31.7 Å². The van der Waals surface area contributed by atoms with E-state index in [0.717, 1.165) is 14.5 Å². The Hall–Kier alpha value is 0.470. The predicted molar refractivity (Wildman–Crippen MR) is 50.4 cm³/mol.